The highest BCUT2D eigenvalue weighted by Gasteiger charge is 2.45. The maximum atomic E-state index is 11.8. The molecule has 0 bridgehead atoms. The average molecular weight is 322 g/mol. The maximum absolute atomic E-state index is 11.8. The van der Waals surface area contributed by atoms with E-state index in [1.54, 1.807) is 13.8 Å². The second-order valence-corrected chi connectivity index (χ2v) is 5.58. The predicted octanol–water partition coefficient (Wildman–Crippen LogP) is -1.92. The molecule has 0 radical (unpaired) electrons. The number of carboxylic acids is 1. The Labute approximate surface area is 127 Å². The number of carboxylic acid groups (broad SMARTS) is 1. The van der Waals surface area contributed by atoms with Crippen LogP contribution < -0.4 is 0 Å². The fourth-order valence-electron chi connectivity index (χ4n) is 2.13. The molecule has 1 aliphatic rings. The molecule has 5 N–H and O–H groups in total. The van der Waals surface area contributed by atoms with Crippen LogP contribution >= 0.6 is 0 Å². The molecule has 22 heavy (non-hydrogen) atoms. The van der Waals surface area contributed by atoms with Crippen molar-refractivity contribution in [1.82, 2.24) is 0 Å². The Hall–Kier alpha value is -1.26. The minimum atomic E-state index is -1.70. The van der Waals surface area contributed by atoms with Gasteiger partial charge in [0, 0.05) is 0 Å². The Balaban J connectivity index is 2.68. The van der Waals surface area contributed by atoms with Crippen LogP contribution in [0, 0.1) is 11.8 Å². The molecule has 0 aliphatic carbocycles. The first-order chi connectivity index (χ1) is 10.2. The van der Waals surface area contributed by atoms with Crippen molar-refractivity contribution in [3.05, 3.63) is 0 Å². The summed E-state index contributed by atoms with van der Waals surface area (Å²) in [6.45, 7) is 2.63. The smallest absolute Gasteiger partial charge is 0.309 e. The van der Waals surface area contributed by atoms with E-state index in [4.69, 9.17) is 19.7 Å². The van der Waals surface area contributed by atoms with Gasteiger partial charge in [-0.3, -0.25) is 9.59 Å². The largest absolute Gasteiger partial charge is 0.481 e. The molecule has 0 saturated carbocycles. The molecule has 0 aromatic carbocycles. The molecule has 9 nitrogen and oxygen atoms in total. The first kappa shape index (κ1) is 18.8. The lowest BCUT2D eigenvalue weighted by molar-refractivity contribution is -0.292. The zero-order valence-electron chi connectivity index (χ0n) is 12.3. The number of hydrogen-bond acceptors (Lipinski definition) is 8. The summed E-state index contributed by atoms with van der Waals surface area (Å²) in [4.78, 5) is 22.8. The fraction of sp³-hybridized carbons (Fsp3) is 0.846. The third-order valence-corrected chi connectivity index (χ3v) is 3.60. The Morgan fingerprint density at radius 1 is 1.14 bits per heavy atom. The van der Waals surface area contributed by atoms with Crippen LogP contribution in [0.2, 0.25) is 0 Å². The molecule has 0 spiro atoms. The van der Waals surface area contributed by atoms with Crippen LogP contribution in [0.3, 0.4) is 0 Å². The average Bonchev–Trinajstić information content (AvgIpc) is 2.44. The zero-order chi connectivity index (χ0) is 17.0. The van der Waals surface area contributed by atoms with Gasteiger partial charge in [-0.05, 0) is 5.92 Å². The minimum Gasteiger partial charge on any atom is -0.481 e. The quantitative estimate of drug-likeness (QED) is 0.352. The summed E-state index contributed by atoms with van der Waals surface area (Å²) in [6, 6.07) is 0. The van der Waals surface area contributed by atoms with Crippen molar-refractivity contribution in [3.63, 3.8) is 0 Å². The number of hydrogen-bond donors (Lipinski definition) is 5. The fourth-order valence-corrected chi connectivity index (χ4v) is 2.13. The minimum absolute atomic E-state index is 0.306. The molecule has 1 unspecified atom stereocenters. The summed E-state index contributed by atoms with van der Waals surface area (Å²) in [5.41, 5.74) is 0. The summed E-state index contributed by atoms with van der Waals surface area (Å²) in [5, 5.41) is 46.9. The van der Waals surface area contributed by atoms with Crippen LogP contribution in [0.15, 0.2) is 0 Å². The van der Waals surface area contributed by atoms with Gasteiger partial charge in [0.1, 0.15) is 24.4 Å². The van der Waals surface area contributed by atoms with Gasteiger partial charge >= 0.3 is 11.9 Å². The summed E-state index contributed by atoms with van der Waals surface area (Å²) >= 11 is 0. The Bertz CT molecular complexity index is 395. The molecule has 0 aromatic heterocycles. The van der Waals surface area contributed by atoms with Gasteiger partial charge in [-0.2, -0.15) is 0 Å². The molecule has 1 rings (SSSR count). The monoisotopic (exact) mass is 322 g/mol. The van der Waals surface area contributed by atoms with Gasteiger partial charge in [0.05, 0.1) is 18.9 Å². The number of aliphatic hydroxyl groups is 4. The van der Waals surface area contributed by atoms with E-state index in [1.165, 1.54) is 0 Å². The van der Waals surface area contributed by atoms with Crippen LogP contribution in [0.1, 0.15) is 20.3 Å². The Kier molecular flexibility index (Phi) is 6.69. The van der Waals surface area contributed by atoms with Crippen molar-refractivity contribution in [3.8, 4) is 0 Å². The van der Waals surface area contributed by atoms with Crippen LogP contribution in [0.25, 0.3) is 0 Å². The van der Waals surface area contributed by atoms with Gasteiger partial charge < -0.3 is 35.0 Å². The van der Waals surface area contributed by atoms with Gasteiger partial charge in [0.2, 0.25) is 6.29 Å². The molecule has 1 saturated heterocycles. The van der Waals surface area contributed by atoms with Crippen molar-refractivity contribution in [2.24, 2.45) is 11.8 Å². The van der Waals surface area contributed by atoms with Gasteiger partial charge in [0.25, 0.3) is 0 Å². The summed E-state index contributed by atoms with van der Waals surface area (Å²) in [6.07, 6.45) is -8.14. The molecule has 0 amide bonds. The van der Waals surface area contributed by atoms with Crippen LogP contribution in [-0.4, -0.2) is 74.8 Å². The molecular formula is C13H22O9. The van der Waals surface area contributed by atoms with E-state index in [2.05, 4.69) is 0 Å². The van der Waals surface area contributed by atoms with E-state index in [0.29, 0.717) is 0 Å². The van der Waals surface area contributed by atoms with E-state index in [1.807, 2.05) is 0 Å². The van der Waals surface area contributed by atoms with Crippen molar-refractivity contribution in [2.45, 2.75) is 51.0 Å². The van der Waals surface area contributed by atoms with Crippen molar-refractivity contribution in [2.75, 3.05) is 6.61 Å². The van der Waals surface area contributed by atoms with Crippen LogP contribution in [0.5, 0.6) is 0 Å². The first-order valence-electron chi connectivity index (χ1n) is 6.91. The highest BCUT2D eigenvalue weighted by atomic mass is 16.7. The second kappa shape index (κ2) is 7.84. The van der Waals surface area contributed by atoms with Crippen LogP contribution in [-0.2, 0) is 19.1 Å². The third-order valence-electron chi connectivity index (χ3n) is 3.60. The van der Waals surface area contributed by atoms with Crippen LogP contribution in [0.4, 0.5) is 0 Å². The standard InChI is InChI=1S/C13H22O9/c1-5(2)6(12(19)20)3-8(15)22-13-11(18)10(17)9(16)7(4-14)21-13/h5-7,9-11,13-14,16-18H,3-4H2,1-2H3,(H,19,20)/t6-,7+,9+,10-,11+,13?/m0/s1. The van der Waals surface area contributed by atoms with Gasteiger partial charge in [-0.15, -0.1) is 0 Å². The van der Waals surface area contributed by atoms with Gasteiger partial charge in [-0.1, -0.05) is 13.8 Å². The van der Waals surface area contributed by atoms with E-state index < -0.39 is 61.6 Å². The number of carbonyl (C=O) groups is 2. The van der Waals surface area contributed by atoms with E-state index in [0.717, 1.165) is 0 Å². The van der Waals surface area contributed by atoms with Gasteiger partial charge in [0.15, 0.2) is 0 Å². The molecule has 1 fully saturated rings. The highest BCUT2D eigenvalue weighted by Crippen LogP contribution is 2.23. The lowest BCUT2D eigenvalue weighted by Gasteiger charge is -2.39. The molecule has 6 atom stereocenters. The number of rotatable bonds is 6. The first-order valence-corrected chi connectivity index (χ1v) is 6.91. The Morgan fingerprint density at radius 3 is 2.18 bits per heavy atom. The number of esters is 1. The topological polar surface area (TPSA) is 154 Å². The summed E-state index contributed by atoms with van der Waals surface area (Å²) in [7, 11) is 0. The normalized spacial score (nSPS) is 33.5. The van der Waals surface area contributed by atoms with E-state index >= 15 is 0 Å². The maximum Gasteiger partial charge on any atom is 0.309 e. The summed E-state index contributed by atoms with van der Waals surface area (Å²) in [5.74, 6) is -3.34. The van der Waals surface area contributed by atoms with Crippen molar-refractivity contribution in [1.29, 1.82) is 0 Å². The zero-order valence-corrected chi connectivity index (χ0v) is 12.3. The number of carbonyl (C=O) groups excluding carboxylic acids is 1. The highest BCUT2D eigenvalue weighted by molar-refractivity contribution is 5.79. The van der Waals surface area contributed by atoms with E-state index in [-0.39, 0.29) is 5.92 Å². The Morgan fingerprint density at radius 2 is 1.73 bits per heavy atom. The van der Waals surface area contributed by atoms with Crippen molar-refractivity contribution < 1.29 is 44.6 Å². The summed E-state index contributed by atoms with van der Waals surface area (Å²) < 4.78 is 9.83. The third kappa shape index (κ3) is 4.37. The number of aliphatic hydroxyl groups excluding tert-OH is 4. The molecule has 0 aromatic rings. The molecular weight excluding hydrogens is 300 g/mol. The number of ether oxygens (including phenoxy) is 2. The lowest BCUT2D eigenvalue weighted by atomic mass is 9.93. The molecule has 1 heterocycles. The molecule has 128 valence electrons. The van der Waals surface area contributed by atoms with Gasteiger partial charge in [-0.25, -0.2) is 0 Å². The number of aliphatic carboxylic acids is 1. The molecule has 9 heteroatoms. The van der Waals surface area contributed by atoms with E-state index in [9.17, 15) is 24.9 Å². The predicted molar refractivity (Wildman–Crippen MR) is 70.4 cm³/mol. The lowest BCUT2D eigenvalue weighted by Crippen LogP contribution is -2.59. The van der Waals surface area contributed by atoms with Crippen molar-refractivity contribution >= 4 is 11.9 Å². The second-order valence-electron chi connectivity index (χ2n) is 5.58. The SMILES string of the molecule is CC(C)[C@H](CC(=O)OC1O[C@H](CO)[C@@H](O)[C@H](O)[C@H]1O)C(=O)O. The molecule has 1 aliphatic heterocycles.